The van der Waals surface area contributed by atoms with Crippen LogP contribution in [0, 0.1) is 0 Å². The van der Waals surface area contributed by atoms with E-state index in [1.54, 1.807) is 52.3 Å². The molecular weight excluding hydrogens is 424 g/mol. The number of hydrogen-bond donors (Lipinski definition) is 0. The number of fused-ring (bicyclic) bond motifs is 2. The Hall–Kier alpha value is -3.29. The maximum Gasteiger partial charge on any atom is 0.259 e. The second-order valence-corrected chi connectivity index (χ2v) is 9.15. The number of amides is 2. The Kier molecular flexibility index (Phi) is 5.59. The summed E-state index contributed by atoms with van der Waals surface area (Å²) >= 11 is 0. The summed E-state index contributed by atoms with van der Waals surface area (Å²) in [5.74, 6) is -0.344. The maximum absolute atomic E-state index is 13.6. The number of anilines is 1. The van der Waals surface area contributed by atoms with Crippen molar-refractivity contribution >= 4 is 28.3 Å². The summed E-state index contributed by atoms with van der Waals surface area (Å²) in [4.78, 5) is 31.1. The highest BCUT2D eigenvalue weighted by molar-refractivity contribution is 7.85. The molecule has 0 aliphatic carbocycles. The molecule has 3 aromatic rings. The van der Waals surface area contributed by atoms with Crippen molar-refractivity contribution in [2.75, 3.05) is 31.2 Å². The Morgan fingerprint density at radius 2 is 1.62 bits per heavy atom. The maximum atomic E-state index is 13.6. The fourth-order valence-corrected chi connectivity index (χ4v) is 5.41. The summed E-state index contributed by atoms with van der Waals surface area (Å²) in [6.07, 6.45) is 0. The molecule has 0 radical (unpaired) electrons. The monoisotopic (exact) mass is 446 g/mol. The van der Waals surface area contributed by atoms with Gasteiger partial charge in [0, 0.05) is 18.7 Å². The average Bonchev–Trinajstić information content (AvgIpc) is 2.94. The van der Waals surface area contributed by atoms with E-state index in [1.165, 1.54) is 0 Å². The summed E-state index contributed by atoms with van der Waals surface area (Å²) < 4.78 is 18.8. The zero-order valence-corrected chi connectivity index (χ0v) is 18.2. The Morgan fingerprint density at radius 1 is 0.906 bits per heavy atom. The van der Waals surface area contributed by atoms with E-state index in [2.05, 4.69) is 0 Å². The first-order valence-corrected chi connectivity index (χ1v) is 11.7. The normalized spacial score (nSPS) is 18.0. The Bertz CT molecular complexity index is 1210. The van der Waals surface area contributed by atoms with E-state index >= 15 is 0 Å². The average molecular weight is 447 g/mol. The van der Waals surface area contributed by atoms with E-state index in [-0.39, 0.29) is 11.8 Å². The highest BCUT2D eigenvalue weighted by Gasteiger charge is 2.32. The van der Waals surface area contributed by atoms with Crippen molar-refractivity contribution in [2.24, 2.45) is 0 Å². The molecule has 0 bridgehead atoms. The number of nitrogens with zero attached hydrogens (tertiary/aromatic N) is 2. The molecule has 6 nitrogen and oxygen atoms in total. The number of benzene rings is 3. The van der Waals surface area contributed by atoms with E-state index in [0.717, 1.165) is 5.56 Å². The van der Waals surface area contributed by atoms with Gasteiger partial charge in [0.15, 0.2) is 0 Å². The summed E-state index contributed by atoms with van der Waals surface area (Å²) in [7, 11) is -1.54. The number of hydrogen-bond acceptors (Lipinski definition) is 4. The number of carbonyl (C=O) groups excluding carboxylic acids is 2. The quantitative estimate of drug-likeness (QED) is 0.618. The second-order valence-electron chi connectivity index (χ2n) is 7.73. The molecule has 1 fully saturated rings. The minimum Gasteiger partial charge on any atom is -0.378 e. The molecule has 162 valence electrons. The summed E-state index contributed by atoms with van der Waals surface area (Å²) in [5, 5.41) is 0. The highest BCUT2D eigenvalue weighted by Crippen LogP contribution is 2.36. The third-order valence-electron chi connectivity index (χ3n) is 5.74. The molecule has 2 aliphatic heterocycles. The van der Waals surface area contributed by atoms with Gasteiger partial charge in [-0.2, -0.15) is 0 Å². The van der Waals surface area contributed by atoms with Gasteiger partial charge < -0.3 is 14.5 Å². The molecule has 0 spiro atoms. The van der Waals surface area contributed by atoms with Crippen LogP contribution >= 0.6 is 0 Å². The lowest BCUT2D eigenvalue weighted by Crippen LogP contribution is -2.40. The lowest BCUT2D eigenvalue weighted by atomic mass is 10.1. The molecule has 1 saturated heterocycles. The Labute approximate surface area is 188 Å². The molecule has 3 aromatic carbocycles. The smallest absolute Gasteiger partial charge is 0.259 e. The molecular formula is C25H22N2O4S. The van der Waals surface area contributed by atoms with Crippen LogP contribution in [0.1, 0.15) is 26.3 Å². The van der Waals surface area contributed by atoms with Crippen molar-refractivity contribution in [1.82, 2.24) is 4.90 Å². The zero-order valence-electron chi connectivity index (χ0n) is 17.4. The van der Waals surface area contributed by atoms with E-state index < -0.39 is 10.8 Å². The molecule has 32 heavy (non-hydrogen) atoms. The van der Waals surface area contributed by atoms with Gasteiger partial charge in [-0.25, -0.2) is 4.21 Å². The lowest BCUT2D eigenvalue weighted by molar-refractivity contribution is 0.0303. The first-order valence-electron chi connectivity index (χ1n) is 10.5. The lowest BCUT2D eigenvalue weighted by Gasteiger charge is -2.28. The van der Waals surface area contributed by atoms with Crippen LogP contribution in [0.15, 0.2) is 82.6 Å². The SMILES string of the molecule is O=C(c1ccc2c(c1)N(Cc1ccccc1)C(=O)c1ccccc1S2=O)N1CCOCC1. The van der Waals surface area contributed by atoms with Crippen molar-refractivity contribution in [3.63, 3.8) is 0 Å². The topological polar surface area (TPSA) is 66.9 Å². The molecule has 5 rings (SSSR count). The van der Waals surface area contributed by atoms with Gasteiger partial charge in [-0.3, -0.25) is 9.59 Å². The van der Waals surface area contributed by atoms with Crippen LogP contribution in [0.4, 0.5) is 5.69 Å². The number of rotatable bonds is 3. The van der Waals surface area contributed by atoms with Gasteiger partial charge in [0.2, 0.25) is 0 Å². The van der Waals surface area contributed by atoms with Crippen molar-refractivity contribution in [3.8, 4) is 0 Å². The van der Waals surface area contributed by atoms with Crippen LogP contribution in [-0.2, 0) is 22.1 Å². The van der Waals surface area contributed by atoms with Crippen molar-refractivity contribution < 1.29 is 18.5 Å². The van der Waals surface area contributed by atoms with Gasteiger partial charge >= 0.3 is 0 Å². The van der Waals surface area contributed by atoms with Crippen LogP contribution in [-0.4, -0.2) is 47.2 Å². The predicted octanol–water partition coefficient (Wildman–Crippen LogP) is 3.49. The van der Waals surface area contributed by atoms with Crippen molar-refractivity contribution in [1.29, 1.82) is 0 Å². The first-order chi connectivity index (χ1) is 15.6. The van der Waals surface area contributed by atoms with Crippen molar-refractivity contribution in [3.05, 3.63) is 89.5 Å². The molecule has 2 heterocycles. The standard InChI is InChI=1S/C25H22N2O4S/c28-24(26-12-14-31-15-13-26)19-10-11-23-21(16-19)27(17-18-6-2-1-3-7-18)25(29)20-8-4-5-9-22(20)32(23)30/h1-11,16H,12-15,17H2. The van der Waals surface area contributed by atoms with Crippen molar-refractivity contribution in [2.45, 2.75) is 16.3 Å². The Morgan fingerprint density at radius 3 is 2.41 bits per heavy atom. The van der Waals surface area contributed by atoms with Crippen LogP contribution < -0.4 is 4.90 Å². The zero-order chi connectivity index (χ0) is 22.1. The summed E-state index contributed by atoms with van der Waals surface area (Å²) in [6.45, 7) is 2.39. The van der Waals surface area contributed by atoms with Crippen LogP contribution in [0.3, 0.4) is 0 Å². The van der Waals surface area contributed by atoms with Gasteiger partial charge in [0.05, 0.1) is 51.6 Å². The van der Waals surface area contributed by atoms with Crippen LogP contribution in [0.25, 0.3) is 0 Å². The molecule has 2 aliphatic rings. The largest absolute Gasteiger partial charge is 0.378 e. The molecule has 7 heteroatoms. The fraction of sp³-hybridized carbons (Fsp3) is 0.200. The molecule has 0 N–H and O–H groups in total. The van der Waals surface area contributed by atoms with Crippen LogP contribution in [0.5, 0.6) is 0 Å². The van der Waals surface area contributed by atoms with Gasteiger partial charge in [0.1, 0.15) is 0 Å². The summed E-state index contributed by atoms with van der Waals surface area (Å²) in [6, 6.07) is 21.8. The minimum absolute atomic E-state index is 0.115. The van der Waals surface area contributed by atoms with E-state index in [9.17, 15) is 13.8 Å². The van der Waals surface area contributed by atoms with Gasteiger partial charge in [0.25, 0.3) is 11.8 Å². The molecule has 1 unspecified atom stereocenters. The molecule has 0 aromatic heterocycles. The molecule has 1 atom stereocenters. The van der Waals surface area contributed by atoms with Crippen LogP contribution in [0.2, 0.25) is 0 Å². The molecule has 0 saturated carbocycles. The first kappa shape index (κ1) is 20.6. The van der Waals surface area contributed by atoms with E-state index in [1.807, 2.05) is 30.3 Å². The third-order valence-corrected chi connectivity index (χ3v) is 7.24. The van der Waals surface area contributed by atoms with E-state index in [4.69, 9.17) is 4.74 Å². The Balaban J connectivity index is 1.62. The third kappa shape index (κ3) is 3.74. The van der Waals surface area contributed by atoms with Gasteiger partial charge in [-0.05, 0) is 35.9 Å². The molecule has 2 amide bonds. The highest BCUT2D eigenvalue weighted by atomic mass is 32.2. The van der Waals surface area contributed by atoms with Gasteiger partial charge in [-0.1, -0.05) is 42.5 Å². The summed E-state index contributed by atoms with van der Waals surface area (Å²) in [5.41, 5.74) is 2.34. The number of ether oxygens (including phenoxy) is 1. The van der Waals surface area contributed by atoms with E-state index in [0.29, 0.717) is 59.5 Å². The predicted molar refractivity (Wildman–Crippen MR) is 121 cm³/mol. The van der Waals surface area contributed by atoms with Gasteiger partial charge in [-0.15, -0.1) is 0 Å². The second kappa shape index (κ2) is 8.68. The number of carbonyl (C=O) groups is 2. The minimum atomic E-state index is -1.54. The number of morpholine rings is 1. The fourth-order valence-electron chi connectivity index (χ4n) is 4.07.